The Morgan fingerprint density at radius 2 is 2.21 bits per heavy atom. The first-order chi connectivity index (χ1) is 9.13. The lowest BCUT2D eigenvalue weighted by Crippen LogP contribution is -2.27. The molecule has 1 fully saturated rings. The molecule has 5 heteroatoms. The zero-order valence-electron chi connectivity index (χ0n) is 10.3. The van der Waals surface area contributed by atoms with Gasteiger partial charge in [-0.05, 0) is 36.8 Å². The minimum absolute atomic E-state index is 0.0533. The minimum Gasteiger partial charge on any atom is -0.369 e. The first kappa shape index (κ1) is 12.4. The molecular weight excluding hydrogens is 306 g/mol. The second kappa shape index (κ2) is 4.81. The largest absolute Gasteiger partial charge is 0.369 e. The highest BCUT2D eigenvalue weighted by atomic mass is 79.9. The quantitative estimate of drug-likeness (QED) is 0.924. The Morgan fingerprint density at radius 3 is 2.95 bits per heavy atom. The lowest BCUT2D eigenvalue weighted by Gasteiger charge is -2.17. The van der Waals surface area contributed by atoms with Gasteiger partial charge in [-0.2, -0.15) is 0 Å². The zero-order chi connectivity index (χ0) is 13.4. The minimum atomic E-state index is -0.216. The number of amides is 1. The van der Waals surface area contributed by atoms with Gasteiger partial charge in [-0.15, -0.1) is 0 Å². The van der Waals surface area contributed by atoms with Crippen LogP contribution in [-0.2, 0) is 4.79 Å². The molecule has 1 amide bonds. The van der Waals surface area contributed by atoms with Crippen LogP contribution in [-0.4, -0.2) is 24.0 Å². The molecule has 1 aliphatic heterocycles. The number of anilines is 1. The highest BCUT2D eigenvalue weighted by Gasteiger charge is 2.27. The Kier molecular flexibility index (Phi) is 3.14. The predicted octanol–water partition coefficient (Wildman–Crippen LogP) is 2.31. The van der Waals surface area contributed by atoms with Gasteiger partial charge >= 0.3 is 0 Å². The Labute approximate surface area is 119 Å². The van der Waals surface area contributed by atoms with Crippen molar-refractivity contribution >= 4 is 38.6 Å². The van der Waals surface area contributed by atoms with Crippen LogP contribution >= 0.6 is 15.9 Å². The molecule has 0 bridgehead atoms. The zero-order valence-corrected chi connectivity index (χ0v) is 11.9. The Morgan fingerprint density at radius 1 is 1.37 bits per heavy atom. The molecule has 1 saturated heterocycles. The number of carbonyl (C=O) groups excluding carboxylic acids is 1. The molecule has 4 nitrogen and oxygen atoms in total. The van der Waals surface area contributed by atoms with Crippen LogP contribution in [0, 0.1) is 5.92 Å². The summed E-state index contributed by atoms with van der Waals surface area (Å²) in [5.74, 6) is 0.646. The molecule has 1 aromatic carbocycles. The normalized spacial score (nSPS) is 19.0. The van der Waals surface area contributed by atoms with Gasteiger partial charge in [0.2, 0.25) is 5.91 Å². The average molecular weight is 320 g/mol. The van der Waals surface area contributed by atoms with Crippen molar-refractivity contribution in [2.75, 3.05) is 18.0 Å². The van der Waals surface area contributed by atoms with E-state index in [4.69, 9.17) is 5.73 Å². The van der Waals surface area contributed by atoms with Gasteiger partial charge in [-0.25, -0.2) is 4.98 Å². The maximum Gasteiger partial charge on any atom is 0.222 e. The number of nitrogens with zero attached hydrogens (tertiary/aromatic N) is 2. The van der Waals surface area contributed by atoms with E-state index in [1.807, 2.05) is 24.3 Å². The number of hydrogen-bond acceptors (Lipinski definition) is 3. The maximum absolute atomic E-state index is 11.2. The summed E-state index contributed by atoms with van der Waals surface area (Å²) in [5.41, 5.74) is 6.32. The van der Waals surface area contributed by atoms with Gasteiger partial charge in [0.25, 0.3) is 0 Å². The van der Waals surface area contributed by atoms with Crippen molar-refractivity contribution in [2.45, 2.75) is 6.42 Å². The Hall–Kier alpha value is -1.62. The number of aromatic nitrogens is 1. The Bertz CT molecular complexity index is 644. The number of primary amides is 1. The molecule has 3 rings (SSSR count). The van der Waals surface area contributed by atoms with Gasteiger partial charge in [-0.1, -0.05) is 15.9 Å². The summed E-state index contributed by atoms with van der Waals surface area (Å²) in [6, 6.07) is 10.1. The van der Waals surface area contributed by atoms with E-state index in [2.05, 4.69) is 31.9 Å². The van der Waals surface area contributed by atoms with Crippen LogP contribution in [0.25, 0.3) is 10.9 Å². The van der Waals surface area contributed by atoms with Crippen molar-refractivity contribution in [1.29, 1.82) is 0 Å². The van der Waals surface area contributed by atoms with E-state index in [1.165, 1.54) is 0 Å². The standard InChI is InChI=1S/C14H14BrN3O/c15-11-2-3-12-9(7-11)1-4-13(17-12)18-6-5-10(8-18)14(16)19/h1-4,7,10H,5-6,8H2,(H2,16,19)/t10-/m0/s1. The summed E-state index contributed by atoms with van der Waals surface area (Å²) in [5, 5.41) is 1.10. The van der Waals surface area contributed by atoms with E-state index >= 15 is 0 Å². The monoisotopic (exact) mass is 319 g/mol. The van der Waals surface area contributed by atoms with Crippen molar-refractivity contribution < 1.29 is 4.79 Å². The van der Waals surface area contributed by atoms with Crippen LogP contribution in [0.15, 0.2) is 34.8 Å². The smallest absolute Gasteiger partial charge is 0.222 e. The molecule has 2 N–H and O–H groups in total. The SMILES string of the molecule is NC(=O)[C@H]1CCN(c2ccc3cc(Br)ccc3n2)C1. The molecule has 0 unspecified atom stereocenters. The van der Waals surface area contributed by atoms with Gasteiger partial charge in [0, 0.05) is 22.9 Å². The van der Waals surface area contributed by atoms with E-state index in [0.717, 1.165) is 34.2 Å². The lowest BCUT2D eigenvalue weighted by atomic mass is 10.1. The first-order valence-corrected chi connectivity index (χ1v) is 7.03. The molecular formula is C14H14BrN3O. The number of rotatable bonds is 2. The topological polar surface area (TPSA) is 59.2 Å². The van der Waals surface area contributed by atoms with Gasteiger partial charge in [-0.3, -0.25) is 4.79 Å². The second-order valence-electron chi connectivity index (χ2n) is 4.84. The number of hydrogen-bond donors (Lipinski definition) is 1. The van der Waals surface area contributed by atoms with E-state index in [9.17, 15) is 4.79 Å². The molecule has 0 aliphatic carbocycles. The van der Waals surface area contributed by atoms with Crippen LogP contribution < -0.4 is 10.6 Å². The number of carbonyl (C=O) groups is 1. The summed E-state index contributed by atoms with van der Waals surface area (Å²) in [7, 11) is 0. The first-order valence-electron chi connectivity index (χ1n) is 6.24. The van der Waals surface area contributed by atoms with Crippen LogP contribution in [0.5, 0.6) is 0 Å². The number of pyridine rings is 1. The third-order valence-electron chi connectivity index (χ3n) is 3.55. The summed E-state index contributed by atoms with van der Waals surface area (Å²) < 4.78 is 1.05. The predicted molar refractivity (Wildman–Crippen MR) is 79.0 cm³/mol. The molecule has 0 radical (unpaired) electrons. The number of fused-ring (bicyclic) bond motifs is 1. The van der Waals surface area contributed by atoms with Crippen molar-refractivity contribution in [3.8, 4) is 0 Å². The highest BCUT2D eigenvalue weighted by molar-refractivity contribution is 9.10. The van der Waals surface area contributed by atoms with E-state index in [-0.39, 0.29) is 11.8 Å². The Balaban J connectivity index is 1.90. The molecule has 98 valence electrons. The second-order valence-corrected chi connectivity index (χ2v) is 5.76. The van der Waals surface area contributed by atoms with Crippen LogP contribution in [0.1, 0.15) is 6.42 Å². The van der Waals surface area contributed by atoms with E-state index in [0.29, 0.717) is 6.54 Å². The van der Waals surface area contributed by atoms with Crippen LogP contribution in [0.2, 0.25) is 0 Å². The van der Waals surface area contributed by atoms with Gasteiger partial charge in [0.1, 0.15) is 5.82 Å². The summed E-state index contributed by atoms with van der Waals surface area (Å²) in [4.78, 5) is 18.0. The van der Waals surface area contributed by atoms with E-state index in [1.54, 1.807) is 0 Å². The average Bonchev–Trinajstić information content (AvgIpc) is 2.88. The molecule has 1 aliphatic rings. The molecule has 1 aromatic heterocycles. The summed E-state index contributed by atoms with van der Waals surface area (Å²) >= 11 is 3.45. The molecule has 0 saturated carbocycles. The molecule has 1 atom stereocenters. The molecule has 2 heterocycles. The number of benzene rings is 1. The fraction of sp³-hybridized carbons (Fsp3) is 0.286. The number of nitrogens with two attached hydrogens (primary N) is 1. The lowest BCUT2D eigenvalue weighted by molar-refractivity contribution is -0.121. The number of halogens is 1. The van der Waals surface area contributed by atoms with Crippen molar-refractivity contribution in [3.05, 3.63) is 34.8 Å². The fourth-order valence-electron chi connectivity index (χ4n) is 2.46. The maximum atomic E-state index is 11.2. The van der Waals surface area contributed by atoms with Crippen molar-refractivity contribution in [2.24, 2.45) is 11.7 Å². The van der Waals surface area contributed by atoms with Crippen molar-refractivity contribution in [1.82, 2.24) is 4.98 Å². The summed E-state index contributed by atoms with van der Waals surface area (Å²) in [6.45, 7) is 1.51. The van der Waals surface area contributed by atoms with Crippen LogP contribution in [0.4, 0.5) is 5.82 Å². The summed E-state index contributed by atoms with van der Waals surface area (Å²) in [6.07, 6.45) is 0.815. The van der Waals surface area contributed by atoms with Gasteiger partial charge < -0.3 is 10.6 Å². The third kappa shape index (κ3) is 2.42. The molecule has 19 heavy (non-hydrogen) atoms. The van der Waals surface area contributed by atoms with Gasteiger partial charge in [0.05, 0.1) is 11.4 Å². The van der Waals surface area contributed by atoms with Crippen molar-refractivity contribution in [3.63, 3.8) is 0 Å². The fourth-order valence-corrected chi connectivity index (χ4v) is 2.84. The molecule has 2 aromatic rings. The highest BCUT2D eigenvalue weighted by Crippen LogP contribution is 2.25. The van der Waals surface area contributed by atoms with Crippen LogP contribution in [0.3, 0.4) is 0 Å². The van der Waals surface area contributed by atoms with E-state index < -0.39 is 0 Å². The van der Waals surface area contributed by atoms with Gasteiger partial charge in [0.15, 0.2) is 0 Å². The molecule has 0 spiro atoms. The third-order valence-corrected chi connectivity index (χ3v) is 4.04.